The van der Waals surface area contributed by atoms with E-state index in [9.17, 15) is 9.59 Å². The Bertz CT molecular complexity index is 604. The van der Waals surface area contributed by atoms with Crippen molar-refractivity contribution in [1.29, 1.82) is 0 Å². The monoisotopic (exact) mass is 270 g/mol. The first-order chi connectivity index (χ1) is 9.58. The van der Waals surface area contributed by atoms with Crippen LogP contribution in [0.3, 0.4) is 0 Å². The molecule has 2 aliphatic heterocycles. The average molecular weight is 270 g/mol. The Hall–Kier alpha value is -2.10. The first-order valence-electron chi connectivity index (χ1n) is 6.88. The van der Waals surface area contributed by atoms with Crippen molar-refractivity contribution < 1.29 is 9.59 Å². The number of amides is 1. The van der Waals surface area contributed by atoms with Gasteiger partial charge in [0.1, 0.15) is 0 Å². The first kappa shape index (κ1) is 12.9. The number of carbonyl (C=O) groups is 2. The molecule has 4 heteroatoms. The predicted molar refractivity (Wildman–Crippen MR) is 76.0 cm³/mol. The molecule has 0 saturated carbocycles. The number of hydrogen-bond donors (Lipinski definition) is 0. The third-order valence-electron chi connectivity index (χ3n) is 3.97. The fourth-order valence-electron chi connectivity index (χ4n) is 3.06. The topological polar surface area (TPSA) is 40.6 Å². The number of fused-ring (bicyclic) bond motifs is 3. The third kappa shape index (κ3) is 2.01. The van der Waals surface area contributed by atoms with Gasteiger partial charge in [0.2, 0.25) is 0 Å². The van der Waals surface area contributed by atoms with Crippen LogP contribution >= 0.6 is 0 Å². The van der Waals surface area contributed by atoms with Crippen LogP contribution in [0, 0.1) is 0 Å². The molecule has 4 nitrogen and oxygen atoms in total. The van der Waals surface area contributed by atoms with E-state index in [4.69, 9.17) is 0 Å². The van der Waals surface area contributed by atoms with Crippen LogP contribution in [0.1, 0.15) is 23.6 Å². The molecule has 1 aromatic carbocycles. The second-order valence-electron chi connectivity index (χ2n) is 5.60. The summed E-state index contributed by atoms with van der Waals surface area (Å²) in [6, 6.07) is 8.03. The Balaban J connectivity index is 1.99. The number of benzene rings is 1. The van der Waals surface area contributed by atoms with Crippen LogP contribution in [0.25, 0.3) is 0 Å². The van der Waals surface area contributed by atoms with Crippen molar-refractivity contribution in [2.45, 2.75) is 18.9 Å². The van der Waals surface area contributed by atoms with Crippen molar-refractivity contribution in [1.82, 2.24) is 9.80 Å². The van der Waals surface area contributed by atoms with E-state index in [1.54, 1.807) is 11.1 Å². The molecule has 0 radical (unpaired) electrons. The van der Waals surface area contributed by atoms with E-state index in [1.165, 1.54) is 5.56 Å². The van der Waals surface area contributed by atoms with Crippen LogP contribution in [0.4, 0.5) is 0 Å². The molecule has 3 rings (SSSR count). The third-order valence-corrected chi connectivity index (χ3v) is 3.97. The second kappa shape index (κ2) is 4.78. The number of piperidine rings is 1. The summed E-state index contributed by atoms with van der Waals surface area (Å²) in [5.41, 5.74) is 2.70. The number of nitrogens with zero attached hydrogens (tertiary/aromatic N) is 2. The van der Waals surface area contributed by atoms with Gasteiger partial charge in [0.25, 0.3) is 5.91 Å². The SMILES string of the molecule is CN(C)/C=C1\C(=O)C[C@H]2c3ccccc3CCN2C1=O. The second-order valence-corrected chi connectivity index (χ2v) is 5.60. The zero-order valence-corrected chi connectivity index (χ0v) is 11.8. The van der Waals surface area contributed by atoms with Crippen molar-refractivity contribution in [3.63, 3.8) is 0 Å². The molecule has 0 unspecified atom stereocenters. The molecule has 1 fully saturated rings. The molecule has 0 spiro atoms. The lowest BCUT2D eigenvalue weighted by molar-refractivity contribution is -0.137. The van der Waals surface area contributed by atoms with Crippen molar-refractivity contribution in [2.24, 2.45) is 0 Å². The molecule has 2 heterocycles. The molecule has 1 aromatic rings. The van der Waals surface area contributed by atoms with Crippen molar-refractivity contribution >= 4 is 11.7 Å². The molecule has 20 heavy (non-hydrogen) atoms. The Labute approximate surface area is 118 Å². The quantitative estimate of drug-likeness (QED) is 0.574. The minimum absolute atomic E-state index is 0.0540. The van der Waals surface area contributed by atoms with E-state index in [1.807, 2.05) is 37.2 Å². The highest BCUT2D eigenvalue weighted by Crippen LogP contribution is 2.37. The van der Waals surface area contributed by atoms with E-state index in [-0.39, 0.29) is 17.7 Å². The van der Waals surface area contributed by atoms with Gasteiger partial charge in [-0.1, -0.05) is 24.3 Å². The normalized spacial score (nSPS) is 23.6. The molecule has 104 valence electrons. The maximum Gasteiger partial charge on any atom is 0.259 e. The maximum absolute atomic E-state index is 12.5. The van der Waals surface area contributed by atoms with Gasteiger partial charge in [0.05, 0.1) is 11.6 Å². The summed E-state index contributed by atoms with van der Waals surface area (Å²) in [5.74, 6) is -0.184. The van der Waals surface area contributed by atoms with Crippen molar-refractivity contribution in [3.05, 3.63) is 47.2 Å². The standard InChI is InChI=1S/C16H18N2O2/c1-17(2)10-13-15(19)9-14-12-6-4-3-5-11(12)7-8-18(14)16(13)20/h3-6,10,14H,7-9H2,1-2H3/b13-10+/t14-/m0/s1. The summed E-state index contributed by atoms with van der Waals surface area (Å²) >= 11 is 0. The van der Waals surface area contributed by atoms with Gasteiger partial charge in [-0.25, -0.2) is 0 Å². The fourth-order valence-corrected chi connectivity index (χ4v) is 3.06. The highest BCUT2D eigenvalue weighted by atomic mass is 16.2. The molecule has 0 aliphatic carbocycles. The zero-order valence-electron chi connectivity index (χ0n) is 11.8. The fraction of sp³-hybridized carbons (Fsp3) is 0.375. The van der Waals surface area contributed by atoms with Gasteiger partial charge in [0.15, 0.2) is 5.78 Å². The predicted octanol–water partition coefficient (Wildman–Crippen LogP) is 1.53. The summed E-state index contributed by atoms with van der Waals surface area (Å²) in [6.45, 7) is 0.693. The molecular formula is C16H18N2O2. The van der Waals surface area contributed by atoms with Crippen molar-refractivity contribution in [2.75, 3.05) is 20.6 Å². The number of rotatable bonds is 1. The largest absolute Gasteiger partial charge is 0.383 e. The molecule has 1 atom stereocenters. The molecular weight excluding hydrogens is 252 g/mol. The number of hydrogen-bond acceptors (Lipinski definition) is 3. The van der Waals surface area contributed by atoms with Gasteiger partial charge in [-0.15, -0.1) is 0 Å². The van der Waals surface area contributed by atoms with E-state index in [0.29, 0.717) is 18.5 Å². The Morgan fingerprint density at radius 3 is 2.75 bits per heavy atom. The van der Waals surface area contributed by atoms with Gasteiger partial charge in [0, 0.05) is 33.3 Å². The maximum atomic E-state index is 12.5. The first-order valence-corrected chi connectivity index (χ1v) is 6.88. The van der Waals surface area contributed by atoms with Crippen LogP contribution in [0.15, 0.2) is 36.0 Å². The summed E-state index contributed by atoms with van der Waals surface area (Å²) in [4.78, 5) is 28.4. The lowest BCUT2D eigenvalue weighted by atomic mass is 9.85. The number of ketones is 1. The zero-order chi connectivity index (χ0) is 14.3. The Kier molecular flexibility index (Phi) is 3.08. The Morgan fingerprint density at radius 1 is 1.25 bits per heavy atom. The van der Waals surface area contributed by atoms with E-state index in [0.717, 1.165) is 12.0 Å². The van der Waals surface area contributed by atoms with Gasteiger partial charge in [-0.2, -0.15) is 0 Å². The smallest absolute Gasteiger partial charge is 0.259 e. The Morgan fingerprint density at radius 2 is 2.00 bits per heavy atom. The number of Topliss-reactive ketones (excluding diaryl/α,β-unsaturated/α-hetero) is 1. The summed E-state index contributed by atoms with van der Waals surface area (Å²) in [6.07, 6.45) is 2.89. The van der Waals surface area contributed by atoms with Crippen LogP contribution in [-0.4, -0.2) is 42.1 Å². The van der Waals surface area contributed by atoms with Crippen LogP contribution in [0.2, 0.25) is 0 Å². The molecule has 2 aliphatic rings. The minimum Gasteiger partial charge on any atom is -0.383 e. The van der Waals surface area contributed by atoms with Gasteiger partial charge >= 0.3 is 0 Å². The molecule has 0 bridgehead atoms. The molecule has 0 aromatic heterocycles. The van der Waals surface area contributed by atoms with Gasteiger partial charge < -0.3 is 9.80 Å². The summed E-state index contributed by atoms with van der Waals surface area (Å²) in [7, 11) is 3.65. The van der Waals surface area contributed by atoms with E-state index in [2.05, 4.69) is 6.07 Å². The lowest BCUT2D eigenvalue weighted by Crippen LogP contribution is -2.47. The van der Waals surface area contributed by atoms with Gasteiger partial charge in [-0.3, -0.25) is 9.59 Å². The molecule has 1 saturated heterocycles. The van der Waals surface area contributed by atoms with Gasteiger partial charge in [-0.05, 0) is 17.5 Å². The minimum atomic E-state index is -0.130. The van der Waals surface area contributed by atoms with Crippen LogP contribution < -0.4 is 0 Å². The molecule has 0 N–H and O–H groups in total. The number of carbonyl (C=O) groups excluding carboxylic acids is 2. The highest BCUT2D eigenvalue weighted by molar-refractivity contribution is 6.21. The van der Waals surface area contributed by atoms with Crippen LogP contribution in [0.5, 0.6) is 0 Å². The molecule has 1 amide bonds. The summed E-state index contributed by atoms with van der Waals surface area (Å²) < 4.78 is 0. The van der Waals surface area contributed by atoms with Crippen molar-refractivity contribution in [3.8, 4) is 0 Å². The lowest BCUT2D eigenvalue weighted by Gasteiger charge is -2.40. The average Bonchev–Trinajstić information content (AvgIpc) is 2.43. The van der Waals surface area contributed by atoms with Crippen LogP contribution in [-0.2, 0) is 16.0 Å². The van der Waals surface area contributed by atoms with E-state index >= 15 is 0 Å². The van der Waals surface area contributed by atoms with E-state index < -0.39 is 0 Å². The highest BCUT2D eigenvalue weighted by Gasteiger charge is 2.40. The summed E-state index contributed by atoms with van der Waals surface area (Å²) in [5, 5.41) is 0.